The van der Waals surface area contributed by atoms with Crippen LogP contribution in [0.3, 0.4) is 0 Å². The molecule has 0 spiro atoms. The van der Waals surface area contributed by atoms with Gasteiger partial charge in [0.15, 0.2) is 23.1 Å². The number of methoxy groups -OCH3 is 4. The van der Waals surface area contributed by atoms with E-state index in [0.29, 0.717) is 50.9 Å². The fourth-order valence-corrected chi connectivity index (χ4v) is 5.19. The summed E-state index contributed by atoms with van der Waals surface area (Å²) in [5.74, 6) is 3.19. The van der Waals surface area contributed by atoms with Gasteiger partial charge in [-0.1, -0.05) is 11.8 Å². The third-order valence-corrected chi connectivity index (χ3v) is 7.06. The molecule has 1 N–H and O–H groups in total. The standard InChI is InChI=1S/C25H24N4O6S/c1-31-16-9-7-14(8-10-16)21(30)23-20(17-6-5-11-35-17)28-29-24(26-27-25(29)36-23)15-12-18(32-2)22(34-4)19(13-15)33-3/h5-13,20,23,28H,1-4H3. The Bertz CT molecular complexity index is 1340. The first-order chi connectivity index (χ1) is 17.6. The molecule has 2 aromatic carbocycles. The van der Waals surface area contributed by atoms with Crippen molar-refractivity contribution in [3.8, 4) is 34.4 Å². The molecule has 0 bridgehead atoms. The van der Waals surface area contributed by atoms with E-state index in [0.717, 1.165) is 0 Å². The predicted molar refractivity (Wildman–Crippen MR) is 133 cm³/mol. The minimum absolute atomic E-state index is 0.0693. The third-order valence-electron chi connectivity index (χ3n) is 5.84. The van der Waals surface area contributed by atoms with Crippen molar-refractivity contribution in [3.05, 3.63) is 66.1 Å². The SMILES string of the molecule is COc1ccc(C(=O)C2Sc3nnc(-c4cc(OC)c(OC)c(OC)c4)n3NC2c2ccco2)cc1. The molecule has 0 saturated heterocycles. The van der Waals surface area contributed by atoms with E-state index in [1.54, 1.807) is 81.8 Å². The van der Waals surface area contributed by atoms with Crippen molar-refractivity contribution in [1.29, 1.82) is 0 Å². The molecule has 5 rings (SSSR count). The van der Waals surface area contributed by atoms with E-state index in [1.165, 1.54) is 11.8 Å². The maximum Gasteiger partial charge on any atom is 0.211 e. The molecule has 186 valence electrons. The fraction of sp³-hybridized carbons (Fsp3) is 0.240. The van der Waals surface area contributed by atoms with Crippen LogP contribution in [-0.4, -0.2) is 54.3 Å². The van der Waals surface area contributed by atoms with Gasteiger partial charge in [-0.15, -0.1) is 10.2 Å². The molecular weight excluding hydrogens is 484 g/mol. The number of aromatic nitrogens is 3. The minimum atomic E-state index is -0.547. The number of fused-ring (bicyclic) bond motifs is 1. The molecule has 2 aromatic heterocycles. The third kappa shape index (κ3) is 4.11. The first kappa shape index (κ1) is 23.6. The molecule has 1 aliphatic heterocycles. The van der Waals surface area contributed by atoms with Crippen LogP contribution in [0.25, 0.3) is 11.4 Å². The highest BCUT2D eigenvalue weighted by Gasteiger charge is 2.40. The molecule has 11 heteroatoms. The number of nitrogens with zero attached hydrogens (tertiary/aromatic N) is 3. The van der Waals surface area contributed by atoms with Gasteiger partial charge in [-0.05, 0) is 48.5 Å². The van der Waals surface area contributed by atoms with Crippen LogP contribution in [0, 0.1) is 0 Å². The van der Waals surface area contributed by atoms with Gasteiger partial charge in [0.2, 0.25) is 10.9 Å². The number of Topliss-reactive ketones (excluding diaryl/α,β-unsaturated/α-hetero) is 1. The van der Waals surface area contributed by atoms with Crippen LogP contribution in [0.4, 0.5) is 0 Å². The van der Waals surface area contributed by atoms with Crippen LogP contribution in [0.15, 0.2) is 64.4 Å². The largest absolute Gasteiger partial charge is 0.497 e. The number of thioether (sulfide) groups is 1. The molecule has 1 aliphatic rings. The Morgan fingerprint density at radius 1 is 0.972 bits per heavy atom. The molecule has 0 radical (unpaired) electrons. The number of carbonyl (C=O) groups excluding carboxylic acids is 1. The summed E-state index contributed by atoms with van der Waals surface area (Å²) in [6.45, 7) is 0. The van der Waals surface area contributed by atoms with E-state index < -0.39 is 11.3 Å². The Labute approximate surface area is 211 Å². The monoisotopic (exact) mass is 508 g/mol. The van der Waals surface area contributed by atoms with Gasteiger partial charge in [0.25, 0.3) is 0 Å². The average molecular weight is 509 g/mol. The lowest BCUT2D eigenvalue weighted by molar-refractivity contribution is 0.0977. The maximum absolute atomic E-state index is 13.6. The van der Waals surface area contributed by atoms with Crippen LogP contribution < -0.4 is 24.4 Å². The lowest BCUT2D eigenvalue weighted by atomic mass is 10.0. The second-order valence-corrected chi connectivity index (χ2v) is 8.92. The Kier molecular flexibility index (Phi) is 6.47. The first-order valence-corrected chi connectivity index (χ1v) is 11.9. The molecule has 36 heavy (non-hydrogen) atoms. The zero-order valence-electron chi connectivity index (χ0n) is 20.1. The number of carbonyl (C=O) groups is 1. The zero-order chi connectivity index (χ0) is 25.2. The smallest absolute Gasteiger partial charge is 0.211 e. The molecule has 3 heterocycles. The maximum atomic E-state index is 13.6. The lowest BCUT2D eigenvalue weighted by Gasteiger charge is -2.31. The second kappa shape index (κ2) is 9.86. The van der Waals surface area contributed by atoms with Gasteiger partial charge < -0.3 is 28.8 Å². The van der Waals surface area contributed by atoms with Crippen molar-refractivity contribution >= 4 is 17.5 Å². The quantitative estimate of drug-likeness (QED) is 0.348. The number of benzene rings is 2. The van der Waals surface area contributed by atoms with Crippen molar-refractivity contribution in [3.63, 3.8) is 0 Å². The molecule has 10 nitrogen and oxygen atoms in total. The van der Waals surface area contributed by atoms with E-state index in [9.17, 15) is 4.79 Å². The normalized spacial score (nSPS) is 16.6. The number of nitrogens with one attached hydrogen (secondary N) is 1. The molecule has 0 amide bonds. The van der Waals surface area contributed by atoms with Crippen LogP contribution in [0.1, 0.15) is 22.2 Å². The van der Waals surface area contributed by atoms with E-state index in [1.807, 2.05) is 6.07 Å². The number of ketones is 1. The highest BCUT2D eigenvalue weighted by molar-refractivity contribution is 8.00. The highest BCUT2D eigenvalue weighted by atomic mass is 32.2. The van der Waals surface area contributed by atoms with E-state index >= 15 is 0 Å². The van der Waals surface area contributed by atoms with Gasteiger partial charge in [-0.2, -0.15) is 0 Å². The summed E-state index contributed by atoms with van der Waals surface area (Å²) in [6, 6.07) is 13.8. The van der Waals surface area contributed by atoms with Gasteiger partial charge in [-0.25, -0.2) is 4.68 Å². The summed E-state index contributed by atoms with van der Waals surface area (Å²) in [4.78, 5) is 13.6. The van der Waals surface area contributed by atoms with Gasteiger partial charge >= 0.3 is 0 Å². The molecule has 0 fully saturated rings. The Hall–Kier alpha value is -4.12. The fourth-order valence-electron chi connectivity index (χ4n) is 4.05. The summed E-state index contributed by atoms with van der Waals surface area (Å²) in [5, 5.41) is 8.74. The number of hydrogen-bond acceptors (Lipinski definition) is 10. The Balaban J connectivity index is 1.55. The van der Waals surface area contributed by atoms with Crippen LogP contribution in [0.2, 0.25) is 0 Å². The summed E-state index contributed by atoms with van der Waals surface area (Å²) in [7, 11) is 6.24. The predicted octanol–water partition coefficient (Wildman–Crippen LogP) is 4.21. The number of furan rings is 1. The van der Waals surface area contributed by atoms with Gasteiger partial charge in [0.1, 0.15) is 22.8 Å². The number of rotatable bonds is 8. The molecule has 2 unspecified atom stereocenters. The summed E-state index contributed by atoms with van der Waals surface area (Å²) in [5.41, 5.74) is 4.64. The van der Waals surface area contributed by atoms with Gasteiger partial charge in [0.05, 0.1) is 34.7 Å². The van der Waals surface area contributed by atoms with Crippen molar-refractivity contribution < 1.29 is 28.2 Å². The summed E-state index contributed by atoms with van der Waals surface area (Å²) < 4.78 is 29.1. The van der Waals surface area contributed by atoms with E-state index in [2.05, 4.69) is 15.6 Å². The Morgan fingerprint density at radius 2 is 1.69 bits per heavy atom. The van der Waals surface area contributed by atoms with Gasteiger partial charge in [0, 0.05) is 11.1 Å². The minimum Gasteiger partial charge on any atom is -0.497 e. The lowest BCUT2D eigenvalue weighted by Crippen LogP contribution is -2.38. The van der Waals surface area contributed by atoms with Crippen LogP contribution >= 0.6 is 11.8 Å². The highest BCUT2D eigenvalue weighted by Crippen LogP contribution is 2.43. The molecule has 2 atom stereocenters. The van der Waals surface area contributed by atoms with E-state index in [-0.39, 0.29) is 5.78 Å². The summed E-state index contributed by atoms with van der Waals surface area (Å²) in [6.07, 6.45) is 1.58. The topological polar surface area (TPSA) is 110 Å². The molecule has 0 aliphatic carbocycles. The van der Waals surface area contributed by atoms with Crippen LogP contribution in [0.5, 0.6) is 23.0 Å². The average Bonchev–Trinajstić information content (AvgIpc) is 3.61. The van der Waals surface area contributed by atoms with Crippen molar-refractivity contribution in [2.75, 3.05) is 33.9 Å². The molecule has 0 saturated carbocycles. The summed E-state index contributed by atoms with van der Waals surface area (Å²) >= 11 is 1.32. The van der Waals surface area contributed by atoms with Crippen molar-refractivity contribution in [2.45, 2.75) is 16.4 Å². The number of ether oxygens (including phenoxy) is 4. The molecular formula is C25H24N4O6S. The van der Waals surface area contributed by atoms with E-state index in [4.69, 9.17) is 23.4 Å². The van der Waals surface area contributed by atoms with Crippen LogP contribution in [-0.2, 0) is 0 Å². The van der Waals surface area contributed by atoms with Gasteiger partial charge in [-0.3, -0.25) is 4.79 Å². The molecule has 4 aromatic rings. The van der Waals surface area contributed by atoms with Crippen molar-refractivity contribution in [1.82, 2.24) is 14.9 Å². The first-order valence-electron chi connectivity index (χ1n) is 11.0. The Morgan fingerprint density at radius 3 is 2.28 bits per heavy atom. The zero-order valence-corrected chi connectivity index (χ0v) is 20.9. The van der Waals surface area contributed by atoms with Crippen molar-refractivity contribution in [2.24, 2.45) is 0 Å². The number of hydrogen-bond donors (Lipinski definition) is 1. The second-order valence-electron chi connectivity index (χ2n) is 7.81.